The van der Waals surface area contributed by atoms with Crippen molar-refractivity contribution in [1.82, 2.24) is 0 Å². The lowest BCUT2D eigenvalue weighted by molar-refractivity contribution is 0.253. The number of rotatable bonds is 7. The quantitative estimate of drug-likeness (QED) is 0.732. The van der Waals surface area contributed by atoms with Gasteiger partial charge in [-0.1, -0.05) is 33.3 Å². The molecular weight excluding hydrogens is 228 g/mol. The summed E-state index contributed by atoms with van der Waals surface area (Å²) >= 11 is 0. The number of unbranched alkanes of at least 4 members (excludes halogenated alkanes) is 1. The molecule has 3 heteroatoms. The van der Waals surface area contributed by atoms with E-state index in [0.29, 0.717) is 23.8 Å². The number of aliphatic hydroxyl groups excluding tert-OH is 1. The van der Waals surface area contributed by atoms with Crippen molar-refractivity contribution in [1.29, 1.82) is 0 Å². The van der Waals surface area contributed by atoms with Crippen LogP contribution in [0, 0.1) is 5.92 Å². The molecule has 0 spiro atoms. The van der Waals surface area contributed by atoms with E-state index >= 15 is 0 Å². The first-order valence-electron chi connectivity index (χ1n) is 6.67. The molecule has 0 aliphatic rings. The topological polar surface area (TPSA) is 49.7 Å². The van der Waals surface area contributed by atoms with Crippen LogP contribution in [0.4, 0.5) is 0 Å². The van der Waals surface area contributed by atoms with E-state index in [4.69, 9.17) is 4.74 Å². The van der Waals surface area contributed by atoms with Crippen molar-refractivity contribution < 1.29 is 14.9 Å². The van der Waals surface area contributed by atoms with Crippen molar-refractivity contribution in [2.45, 2.75) is 46.6 Å². The van der Waals surface area contributed by atoms with Crippen molar-refractivity contribution >= 4 is 0 Å². The molecule has 18 heavy (non-hydrogen) atoms. The first-order valence-corrected chi connectivity index (χ1v) is 6.67. The molecule has 0 saturated heterocycles. The number of benzene rings is 1. The average Bonchev–Trinajstić information content (AvgIpc) is 2.32. The normalized spacial score (nSPS) is 10.9. The molecule has 0 fully saturated rings. The van der Waals surface area contributed by atoms with Crippen LogP contribution in [0.15, 0.2) is 12.1 Å². The Labute approximate surface area is 109 Å². The second-order valence-electron chi connectivity index (χ2n) is 5.01. The van der Waals surface area contributed by atoms with E-state index < -0.39 is 0 Å². The molecule has 0 bridgehead atoms. The molecule has 3 nitrogen and oxygen atoms in total. The Morgan fingerprint density at radius 3 is 2.56 bits per heavy atom. The third kappa shape index (κ3) is 3.91. The summed E-state index contributed by atoms with van der Waals surface area (Å²) in [6, 6.07) is 3.52. The van der Waals surface area contributed by atoms with Crippen LogP contribution in [0.1, 0.15) is 44.7 Å². The summed E-state index contributed by atoms with van der Waals surface area (Å²) in [5.41, 5.74) is 1.56. The third-order valence-electron chi connectivity index (χ3n) is 2.85. The molecule has 0 radical (unpaired) electrons. The fourth-order valence-corrected chi connectivity index (χ4v) is 1.92. The Morgan fingerprint density at radius 1 is 1.28 bits per heavy atom. The molecule has 102 valence electrons. The molecule has 1 aromatic rings. The van der Waals surface area contributed by atoms with Crippen LogP contribution in [-0.4, -0.2) is 16.8 Å². The number of aromatic hydroxyl groups is 1. The highest BCUT2D eigenvalue weighted by Gasteiger charge is 2.14. The molecular formula is C15H24O3. The number of ether oxygens (including phenoxy) is 1. The van der Waals surface area contributed by atoms with E-state index in [0.717, 1.165) is 24.8 Å². The Morgan fingerprint density at radius 2 is 2.00 bits per heavy atom. The van der Waals surface area contributed by atoms with Gasteiger partial charge in [-0.15, -0.1) is 0 Å². The minimum absolute atomic E-state index is 0.108. The van der Waals surface area contributed by atoms with Gasteiger partial charge in [-0.25, -0.2) is 0 Å². The van der Waals surface area contributed by atoms with E-state index in [1.54, 1.807) is 6.07 Å². The largest absolute Gasteiger partial charge is 0.507 e. The third-order valence-corrected chi connectivity index (χ3v) is 2.85. The van der Waals surface area contributed by atoms with Gasteiger partial charge in [-0.2, -0.15) is 0 Å². The summed E-state index contributed by atoms with van der Waals surface area (Å²) in [6.45, 7) is 6.81. The van der Waals surface area contributed by atoms with E-state index in [9.17, 15) is 10.2 Å². The van der Waals surface area contributed by atoms with Crippen molar-refractivity contribution in [3.05, 3.63) is 23.3 Å². The lowest BCUT2D eigenvalue weighted by Gasteiger charge is -2.17. The highest BCUT2D eigenvalue weighted by molar-refractivity contribution is 5.49. The molecule has 0 saturated carbocycles. The van der Waals surface area contributed by atoms with Gasteiger partial charge in [0.25, 0.3) is 0 Å². The maximum absolute atomic E-state index is 9.77. The van der Waals surface area contributed by atoms with Gasteiger partial charge in [0.05, 0.1) is 18.8 Å². The standard InChI is InChI=1S/C15H24O3/c1-4-5-8-18-15-12(9-11(2)3)6-7-14(17)13(15)10-16/h6-7,11,16-17H,4-5,8-10H2,1-3H3. The van der Waals surface area contributed by atoms with Crippen LogP contribution >= 0.6 is 0 Å². The number of hydrogen-bond donors (Lipinski definition) is 2. The highest BCUT2D eigenvalue weighted by atomic mass is 16.5. The van der Waals surface area contributed by atoms with E-state index in [1.807, 2.05) is 6.07 Å². The van der Waals surface area contributed by atoms with Crippen molar-refractivity contribution in [2.75, 3.05) is 6.61 Å². The number of phenols is 1. The Kier molecular flexibility index (Phi) is 5.99. The van der Waals surface area contributed by atoms with E-state index in [-0.39, 0.29) is 12.4 Å². The summed E-state index contributed by atoms with van der Waals surface area (Å²) in [7, 11) is 0. The molecule has 1 rings (SSSR count). The molecule has 0 heterocycles. The first kappa shape index (κ1) is 14.8. The Balaban J connectivity index is 3.00. The monoisotopic (exact) mass is 252 g/mol. The second kappa shape index (κ2) is 7.27. The Hall–Kier alpha value is -1.22. The highest BCUT2D eigenvalue weighted by Crippen LogP contribution is 2.33. The van der Waals surface area contributed by atoms with Gasteiger partial charge in [0, 0.05) is 0 Å². The van der Waals surface area contributed by atoms with Crippen LogP contribution < -0.4 is 4.74 Å². The van der Waals surface area contributed by atoms with Gasteiger partial charge in [-0.3, -0.25) is 0 Å². The van der Waals surface area contributed by atoms with Crippen molar-refractivity contribution in [3.8, 4) is 11.5 Å². The predicted octanol–water partition coefficient (Wildman–Crippen LogP) is 3.26. The zero-order valence-corrected chi connectivity index (χ0v) is 11.6. The van der Waals surface area contributed by atoms with Crippen LogP contribution in [0.3, 0.4) is 0 Å². The maximum atomic E-state index is 9.77. The summed E-state index contributed by atoms with van der Waals surface area (Å²) in [4.78, 5) is 0. The van der Waals surface area contributed by atoms with Crippen molar-refractivity contribution in [3.63, 3.8) is 0 Å². The molecule has 0 aliphatic heterocycles. The summed E-state index contributed by atoms with van der Waals surface area (Å²) in [5, 5.41) is 19.1. The van der Waals surface area contributed by atoms with E-state index in [1.165, 1.54) is 0 Å². The zero-order chi connectivity index (χ0) is 13.5. The van der Waals surface area contributed by atoms with Gasteiger partial charge >= 0.3 is 0 Å². The predicted molar refractivity (Wildman–Crippen MR) is 73.0 cm³/mol. The van der Waals surface area contributed by atoms with Crippen molar-refractivity contribution in [2.24, 2.45) is 5.92 Å². The SMILES string of the molecule is CCCCOc1c(CC(C)C)ccc(O)c1CO. The molecule has 0 unspecified atom stereocenters. The smallest absolute Gasteiger partial charge is 0.131 e. The number of hydrogen-bond acceptors (Lipinski definition) is 3. The molecule has 1 aromatic carbocycles. The minimum Gasteiger partial charge on any atom is -0.507 e. The summed E-state index contributed by atoms with van der Waals surface area (Å²) in [6.07, 6.45) is 2.92. The molecule has 0 amide bonds. The van der Waals surface area contributed by atoms with E-state index in [2.05, 4.69) is 20.8 Å². The Bertz CT molecular complexity index is 372. The summed E-state index contributed by atoms with van der Waals surface area (Å²) < 4.78 is 5.76. The molecule has 0 aromatic heterocycles. The zero-order valence-electron chi connectivity index (χ0n) is 11.6. The lowest BCUT2D eigenvalue weighted by Crippen LogP contribution is -2.05. The van der Waals surface area contributed by atoms with Gasteiger partial charge in [-0.05, 0) is 30.4 Å². The minimum atomic E-state index is -0.195. The fraction of sp³-hybridized carbons (Fsp3) is 0.600. The van der Waals surface area contributed by atoms with Crippen LogP contribution in [0.25, 0.3) is 0 Å². The fourth-order valence-electron chi connectivity index (χ4n) is 1.92. The van der Waals surface area contributed by atoms with Gasteiger partial charge in [0.15, 0.2) is 0 Å². The molecule has 0 aliphatic carbocycles. The van der Waals surface area contributed by atoms with Crippen LogP contribution in [0.5, 0.6) is 11.5 Å². The lowest BCUT2D eigenvalue weighted by atomic mass is 9.99. The van der Waals surface area contributed by atoms with Gasteiger partial charge < -0.3 is 14.9 Å². The van der Waals surface area contributed by atoms with Crippen LogP contribution in [0.2, 0.25) is 0 Å². The van der Waals surface area contributed by atoms with Gasteiger partial charge in [0.2, 0.25) is 0 Å². The van der Waals surface area contributed by atoms with Gasteiger partial charge in [0.1, 0.15) is 11.5 Å². The van der Waals surface area contributed by atoms with Crippen LogP contribution in [-0.2, 0) is 13.0 Å². The first-order chi connectivity index (χ1) is 8.60. The second-order valence-corrected chi connectivity index (χ2v) is 5.01. The summed E-state index contributed by atoms with van der Waals surface area (Å²) in [5.74, 6) is 1.28. The number of aliphatic hydroxyl groups is 1. The maximum Gasteiger partial charge on any atom is 0.131 e. The molecule has 0 atom stereocenters. The molecule has 2 N–H and O–H groups in total. The average molecular weight is 252 g/mol.